The molecule has 0 saturated carbocycles. The molecule has 1 saturated heterocycles. The molecule has 1 fully saturated rings. The number of anilines is 2. The number of carbonyl (C=O) groups is 2. The topological polar surface area (TPSA) is 75.6 Å². The van der Waals surface area contributed by atoms with Gasteiger partial charge in [-0.1, -0.05) is 6.92 Å². The summed E-state index contributed by atoms with van der Waals surface area (Å²) in [5.41, 5.74) is -0.0472. The van der Waals surface area contributed by atoms with Crippen LogP contribution in [-0.2, 0) is 17.4 Å². The third-order valence-electron chi connectivity index (χ3n) is 4.89. The van der Waals surface area contributed by atoms with Crippen LogP contribution in [0.2, 0.25) is 0 Å². The Labute approximate surface area is 181 Å². The number of pyridine rings is 2. The number of benzene rings is 1. The lowest BCUT2D eigenvalue weighted by Crippen LogP contribution is -2.33. The van der Waals surface area contributed by atoms with Crippen LogP contribution < -0.4 is 14.5 Å². The summed E-state index contributed by atoms with van der Waals surface area (Å²) in [6.45, 7) is 1.51. The molecule has 164 valence electrons. The van der Waals surface area contributed by atoms with Crippen LogP contribution in [0, 0.1) is 0 Å². The minimum Gasteiger partial charge on any atom is -0.457 e. The number of amides is 3. The van der Waals surface area contributed by atoms with Crippen molar-refractivity contribution in [3.8, 4) is 11.5 Å². The number of urea groups is 1. The molecule has 0 N–H and O–H groups in total. The van der Waals surface area contributed by atoms with Gasteiger partial charge in [-0.15, -0.1) is 0 Å². The molecule has 3 heterocycles. The highest BCUT2D eigenvalue weighted by atomic mass is 19.4. The summed E-state index contributed by atoms with van der Waals surface area (Å²) < 4.78 is 44.9. The number of halogens is 3. The zero-order chi connectivity index (χ0) is 22.9. The Morgan fingerprint density at radius 1 is 1.00 bits per heavy atom. The van der Waals surface area contributed by atoms with Gasteiger partial charge in [-0.25, -0.2) is 9.69 Å². The number of imide groups is 1. The first kappa shape index (κ1) is 21.3. The summed E-state index contributed by atoms with van der Waals surface area (Å²) in [5, 5.41) is 0. The summed E-state index contributed by atoms with van der Waals surface area (Å²) in [7, 11) is 0. The van der Waals surface area contributed by atoms with E-state index in [0.717, 1.165) is 27.6 Å². The fourth-order valence-corrected chi connectivity index (χ4v) is 3.30. The Hall–Kier alpha value is -3.95. The molecule has 3 aromatic rings. The van der Waals surface area contributed by atoms with E-state index in [1.807, 2.05) is 6.92 Å². The smallest absolute Gasteiger partial charge is 0.417 e. The van der Waals surface area contributed by atoms with Crippen LogP contribution in [0.1, 0.15) is 18.1 Å². The van der Waals surface area contributed by atoms with Crippen LogP contribution in [0.4, 0.5) is 29.3 Å². The Morgan fingerprint density at radius 3 is 2.44 bits per heavy atom. The van der Waals surface area contributed by atoms with E-state index in [2.05, 4.69) is 9.97 Å². The van der Waals surface area contributed by atoms with Gasteiger partial charge in [0.1, 0.15) is 18.0 Å². The Balaban J connectivity index is 1.62. The maximum absolute atomic E-state index is 13.0. The number of carbonyl (C=O) groups excluding carboxylic acids is 2. The number of alkyl halides is 3. The summed E-state index contributed by atoms with van der Waals surface area (Å²) in [4.78, 5) is 35.0. The van der Waals surface area contributed by atoms with Gasteiger partial charge in [-0.2, -0.15) is 13.2 Å². The summed E-state index contributed by atoms with van der Waals surface area (Å²) >= 11 is 0. The molecule has 0 bridgehead atoms. The quantitative estimate of drug-likeness (QED) is 0.530. The van der Waals surface area contributed by atoms with Crippen molar-refractivity contribution in [1.82, 2.24) is 9.97 Å². The van der Waals surface area contributed by atoms with E-state index < -0.39 is 30.2 Å². The second kappa shape index (κ2) is 8.29. The third kappa shape index (κ3) is 4.11. The lowest BCUT2D eigenvalue weighted by molar-refractivity contribution is -0.137. The first-order valence-corrected chi connectivity index (χ1v) is 9.65. The van der Waals surface area contributed by atoms with Gasteiger partial charge in [-0.3, -0.25) is 19.7 Å². The van der Waals surface area contributed by atoms with Crippen molar-refractivity contribution in [3.05, 3.63) is 72.3 Å². The van der Waals surface area contributed by atoms with Crippen molar-refractivity contribution in [1.29, 1.82) is 0 Å². The second-order valence-electron chi connectivity index (χ2n) is 6.96. The van der Waals surface area contributed by atoms with Gasteiger partial charge in [0.05, 0.1) is 23.1 Å². The van der Waals surface area contributed by atoms with Crippen molar-refractivity contribution in [3.63, 3.8) is 0 Å². The van der Waals surface area contributed by atoms with Crippen molar-refractivity contribution in [2.75, 3.05) is 16.3 Å². The van der Waals surface area contributed by atoms with Crippen LogP contribution >= 0.6 is 0 Å². The van der Waals surface area contributed by atoms with E-state index in [-0.39, 0.29) is 5.69 Å². The molecule has 1 aliphatic heterocycles. The summed E-state index contributed by atoms with van der Waals surface area (Å²) in [6.07, 6.45) is 0.913. The highest BCUT2D eigenvalue weighted by molar-refractivity contribution is 6.26. The van der Waals surface area contributed by atoms with E-state index in [0.29, 0.717) is 29.8 Å². The van der Waals surface area contributed by atoms with E-state index in [4.69, 9.17) is 4.74 Å². The number of nitrogens with zero attached hydrogens (tertiary/aromatic N) is 4. The van der Waals surface area contributed by atoms with Crippen LogP contribution in [0.5, 0.6) is 11.5 Å². The molecule has 32 heavy (non-hydrogen) atoms. The molecule has 1 aliphatic rings. The lowest BCUT2D eigenvalue weighted by Gasteiger charge is -2.19. The second-order valence-corrected chi connectivity index (χ2v) is 6.96. The Kier molecular flexibility index (Phi) is 5.52. The number of hydrogen-bond acceptors (Lipinski definition) is 5. The van der Waals surface area contributed by atoms with Gasteiger partial charge >= 0.3 is 12.2 Å². The van der Waals surface area contributed by atoms with Crippen LogP contribution in [-0.4, -0.2) is 28.5 Å². The number of rotatable bonds is 5. The molecule has 0 spiro atoms. The van der Waals surface area contributed by atoms with Gasteiger partial charge in [0.2, 0.25) is 0 Å². The minimum absolute atomic E-state index is 0.103. The zero-order valence-corrected chi connectivity index (χ0v) is 16.8. The molecule has 4 rings (SSSR count). The minimum atomic E-state index is -4.61. The number of hydrogen-bond donors (Lipinski definition) is 0. The van der Waals surface area contributed by atoms with Gasteiger partial charge in [0, 0.05) is 18.6 Å². The summed E-state index contributed by atoms with van der Waals surface area (Å²) in [5.74, 6) is 0.580. The predicted molar refractivity (Wildman–Crippen MR) is 110 cm³/mol. The van der Waals surface area contributed by atoms with Crippen molar-refractivity contribution in [2.24, 2.45) is 0 Å². The largest absolute Gasteiger partial charge is 0.457 e. The van der Waals surface area contributed by atoms with Crippen molar-refractivity contribution >= 4 is 23.3 Å². The molecule has 3 amide bonds. The van der Waals surface area contributed by atoms with E-state index >= 15 is 0 Å². The highest BCUT2D eigenvalue weighted by Crippen LogP contribution is 2.34. The molecule has 0 unspecified atom stereocenters. The first-order chi connectivity index (χ1) is 15.3. The van der Waals surface area contributed by atoms with E-state index in [9.17, 15) is 22.8 Å². The predicted octanol–water partition coefficient (Wildman–Crippen LogP) is 4.82. The lowest BCUT2D eigenvalue weighted by atomic mass is 10.1. The van der Waals surface area contributed by atoms with Crippen molar-refractivity contribution in [2.45, 2.75) is 19.5 Å². The number of aromatic nitrogens is 2. The Morgan fingerprint density at radius 2 is 1.75 bits per heavy atom. The van der Waals surface area contributed by atoms with Crippen LogP contribution in [0.3, 0.4) is 0 Å². The van der Waals surface area contributed by atoms with Gasteiger partial charge in [0.25, 0.3) is 5.91 Å². The number of ether oxygens (including phenoxy) is 1. The molecule has 0 radical (unpaired) electrons. The van der Waals surface area contributed by atoms with E-state index in [1.54, 1.807) is 42.7 Å². The van der Waals surface area contributed by atoms with Gasteiger partial charge in [-0.05, 0) is 48.4 Å². The third-order valence-corrected chi connectivity index (χ3v) is 4.89. The average Bonchev–Trinajstić information content (AvgIpc) is 3.08. The van der Waals surface area contributed by atoms with Gasteiger partial charge in [0.15, 0.2) is 0 Å². The van der Waals surface area contributed by atoms with E-state index in [1.165, 1.54) is 0 Å². The standard InChI is InChI=1S/C22H17F3N4O3/c1-2-14-9-16(3-4-19(14)32-18-5-7-26-8-6-18)29-20(30)13-28(21(29)31)17-10-15(11-27-12-17)22(23,24)25/h3-12H,2,13H2,1H3. The average molecular weight is 442 g/mol. The highest BCUT2D eigenvalue weighted by Gasteiger charge is 2.39. The monoisotopic (exact) mass is 442 g/mol. The van der Waals surface area contributed by atoms with Crippen LogP contribution in [0.15, 0.2) is 61.2 Å². The molecule has 0 aliphatic carbocycles. The first-order valence-electron chi connectivity index (χ1n) is 9.65. The maximum atomic E-state index is 13.0. The molecule has 0 atom stereocenters. The molecule has 7 nitrogen and oxygen atoms in total. The Bertz CT molecular complexity index is 1170. The molecule has 10 heteroatoms. The zero-order valence-electron chi connectivity index (χ0n) is 16.8. The number of aryl methyl sites for hydroxylation is 1. The molecule has 2 aromatic heterocycles. The summed E-state index contributed by atoms with van der Waals surface area (Å²) in [6, 6.07) is 8.29. The van der Waals surface area contributed by atoms with Crippen molar-refractivity contribution < 1.29 is 27.5 Å². The molecule has 1 aromatic carbocycles. The van der Waals surface area contributed by atoms with Crippen LogP contribution in [0.25, 0.3) is 0 Å². The SMILES string of the molecule is CCc1cc(N2C(=O)CN(c3cncc(C(F)(F)F)c3)C2=O)ccc1Oc1ccncc1. The fourth-order valence-electron chi connectivity index (χ4n) is 3.30. The maximum Gasteiger partial charge on any atom is 0.417 e. The normalized spacial score (nSPS) is 14.2. The van der Waals surface area contributed by atoms with Gasteiger partial charge < -0.3 is 4.74 Å². The molecular formula is C22H17F3N4O3. The molecular weight excluding hydrogens is 425 g/mol. The fraction of sp³-hybridized carbons (Fsp3) is 0.182.